The SMILES string of the molecule is CCOC(=O)NCCNC(=O)NCCCOc1ccccc1Cl. The average molecular weight is 344 g/mol. The molecule has 0 fully saturated rings. The van der Waals surface area contributed by atoms with E-state index >= 15 is 0 Å². The van der Waals surface area contributed by atoms with Crippen LogP contribution in [0.3, 0.4) is 0 Å². The summed E-state index contributed by atoms with van der Waals surface area (Å²) in [5.41, 5.74) is 0. The van der Waals surface area contributed by atoms with E-state index in [0.717, 1.165) is 0 Å². The van der Waals surface area contributed by atoms with Crippen LogP contribution in [0.1, 0.15) is 13.3 Å². The van der Waals surface area contributed by atoms with E-state index < -0.39 is 6.09 Å². The van der Waals surface area contributed by atoms with Crippen LogP contribution in [-0.2, 0) is 4.74 Å². The third-order valence-electron chi connectivity index (χ3n) is 2.66. The Balaban J connectivity index is 2.00. The number of carbonyl (C=O) groups is 2. The molecule has 0 aromatic heterocycles. The van der Waals surface area contributed by atoms with Crippen LogP contribution < -0.4 is 20.7 Å². The summed E-state index contributed by atoms with van der Waals surface area (Å²) < 4.78 is 10.2. The van der Waals surface area contributed by atoms with Gasteiger partial charge in [0.1, 0.15) is 5.75 Å². The summed E-state index contributed by atoms with van der Waals surface area (Å²) in [6.07, 6.45) is 0.158. The molecule has 0 aliphatic heterocycles. The number of amides is 3. The van der Waals surface area contributed by atoms with Crippen LogP contribution in [0.2, 0.25) is 5.02 Å². The summed E-state index contributed by atoms with van der Waals surface area (Å²) in [5.74, 6) is 0.628. The minimum atomic E-state index is -0.494. The number of rotatable bonds is 9. The molecule has 0 aliphatic carbocycles. The first kappa shape index (κ1) is 18.9. The monoisotopic (exact) mass is 343 g/mol. The summed E-state index contributed by atoms with van der Waals surface area (Å²) in [6.45, 7) is 3.59. The van der Waals surface area contributed by atoms with E-state index in [0.29, 0.717) is 50.0 Å². The van der Waals surface area contributed by atoms with Gasteiger partial charge in [-0.1, -0.05) is 23.7 Å². The van der Waals surface area contributed by atoms with Gasteiger partial charge in [0.15, 0.2) is 0 Å². The molecule has 1 rings (SSSR count). The molecule has 0 saturated carbocycles. The lowest BCUT2D eigenvalue weighted by Crippen LogP contribution is -2.40. The summed E-state index contributed by atoms with van der Waals surface area (Å²) in [5, 5.41) is 8.37. The number of halogens is 1. The highest BCUT2D eigenvalue weighted by Crippen LogP contribution is 2.22. The highest BCUT2D eigenvalue weighted by atomic mass is 35.5. The predicted octanol–water partition coefficient (Wildman–Crippen LogP) is 2.15. The molecule has 7 nitrogen and oxygen atoms in total. The van der Waals surface area contributed by atoms with Crippen LogP contribution in [0, 0.1) is 0 Å². The van der Waals surface area contributed by atoms with Gasteiger partial charge in [-0.25, -0.2) is 9.59 Å². The van der Waals surface area contributed by atoms with E-state index in [1.807, 2.05) is 12.1 Å². The molecular weight excluding hydrogens is 322 g/mol. The molecule has 0 bridgehead atoms. The topological polar surface area (TPSA) is 88.7 Å². The molecule has 8 heteroatoms. The Labute approximate surface area is 140 Å². The fourth-order valence-corrected chi connectivity index (χ4v) is 1.79. The molecule has 0 aliphatic rings. The van der Waals surface area contributed by atoms with E-state index in [2.05, 4.69) is 20.7 Å². The lowest BCUT2D eigenvalue weighted by molar-refractivity contribution is 0.152. The third kappa shape index (κ3) is 8.77. The van der Waals surface area contributed by atoms with E-state index in [1.54, 1.807) is 19.1 Å². The lowest BCUT2D eigenvalue weighted by atomic mass is 10.3. The Kier molecular flexibility index (Phi) is 9.38. The van der Waals surface area contributed by atoms with E-state index in [1.165, 1.54) is 0 Å². The Hall–Kier alpha value is -2.15. The first-order valence-electron chi connectivity index (χ1n) is 7.43. The van der Waals surface area contributed by atoms with Crippen LogP contribution in [0.4, 0.5) is 9.59 Å². The van der Waals surface area contributed by atoms with Crippen molar-refractivity contribution in [1.29, 1.82) is 0 Å². The van der Waals surface area contributed by atoms with Crippen molar-refractivity contribution in [2.75, 3.05) is 32.8 Å². The van der Waals surface area contributed by atoms with Gasteiger partial charge < -0.3 is 25.4 Å². The molecule has 0 atom stereocenters. The van der Waals surface area contributed by atoms with Gasteiger partial charge in [-0.15, -0.1) is 0 Å². The highest BCUT2D eigenvalue weighted by molar-refractivity contribution is 6.32. The summed E-state index contributed by atoms with van der Waals surface area (Å²) in [4.78, 5) is 22.5. The van der Waals surface area contributed by atoms with E-state index in [-0.39, 0.29) is 6.03 Å². The molecular formula is C15H22ClN3O4. The van der Waals surface area contributed by atoms with Gasteiger partial charge in [0, 0.05) is 19.6 Å². The number of ether oxygens (including phenoxy) is 2. The number of benzene rings is 1. The normalized spacial score (nSPS) is 9.83. The minimum Gasteiger partial charge on any atom is -0.492 e. The maximum absolute atomic E-state index is 11.5. The molecule has 0 unspecified atom stereocenters. The Morgan fingerprint density at radius 3 is 2.52 bits per heavy atom. The minimum absolute atomic E-state index is 0.298. The molecule has 0 saturated heterocycles. The van der Waals surface area contributed by atoms with Crippen LogP contribution in [0.5, 0.6) is 5.75 Å². The van der Waals surface area contributed by atoms with Gasteiger partial charge in [0.05, 0.1) is 18.2 Å². The Bertz CT molecular complexity index is 499. The zero-order valence-electron chi connectivity index (χ0n) is 13.1. The van der Waals surface area contributed by atoms with Crippen molar-refractivity contribution in [2.45, 2.75) is 13.3 Å². The molecule has 0 radical (unpaired) electrons. The van der Waals surface area contributed by atoms with Crippen molar-refractivity contribution in [3.63, 3.8) is 0 Å². The number of nitrogens with one attached hydrogen (secondary N) is 3. The number of urea groups is 1. The first-order valence-corrected chi connectivity index (χ1v) is 7.81. The number of hydrogen-bond acceptors (Lipinski definition) is 4. The maximum atomic E-state index is 11.5. The van der Waals surface area contributed by atoms with Crippen LogP contribution in [0.25, 0.3) is 0 Å². The molecule has 1 aromatic carbocycles. The maximum Gasteiger partial charge on any atom is 0.407 e. The van der Waals surface area contributed by atoms with Gasteiger partial charge in [0.25, 0.3) is 0 Å². The fourth-order valence-electron chi connectivity index (χ4n) is 1.60. The van der Waals surface area contributed by atoms with Crippen molar-refractivity contribution >= 4 is 23.7 Å². The summed E-state index contributed by atoms with van der Waals surface area (Å²) in [6, 6.07) is 6.93. The zero-order valence-corrected chi connectivity index (χ0v) is 13.8. The van der Waals surface area contributed by atoms with Gasteiger partial charge in [-0.3, -0.25) is 0 Å². The van der Waals surface area contributed by atoms with E-state index in [4.69, 9.17) is 16.3 Å². The second-order valence-corrected chi connectivity index (χ2v) is 4.87. The Morgan fingerprint density at radius 2 is 1.78 bits per heavy atom. The predicted molar refractivity (Wildman–Crippen MR) is 88.0 cm³/mol. The number of carbonyl (C=O) groups excluding carboxylic acids is 2. The quantitative estimate of drug-likeness (QED) is 0.599. The molecule has 128 valence electrons. The standard InChI is InChI=1S/C15H22ClN3O4/c1-2-22-15(21)19-10-9-18-14(20)17-8-5-11-23-13-7-4-3-6-12(13)16/h3-4,6-7H,2,5,8-11H2,1H3,(H,19,21)(H2,17,18,20). The second kappa shape index (κ2) is 11.4. The van der Waals surface area contributed by atoms with Crippen molar-refractivity contribution < 1.29 is 19.1 Å². The van der Waals surface area contributed by atoms with Crippen molar-refractivity contribution in [3.8, 4) is 5.75 Å². The molecule has 3 amide bonds. The van der Waals surface area contributed by atoms with Crippen LogP contribution in [-0.4, -0.2) is 45.0 Å². The smallest absolute Gasteiger partial charge is 0.407 e. The largest absolute Gasteiger partial charge is 0.492 e. The fraction of sp³-hybridized carbons (Fsp3) is 0.467. The molecule has 3 N–H and O–H groups in total. The number of hydrogen-bond donors (Lipinski definition) is 3. The number of alkyl carbamates (subject to hydrolysis) is 1. The van der Waals surface area contributed by atoms with Crippen molar-refractivity contribution in [2.24, 2.45) is 0 Å². The molecule has 0 spiro atoms. The first-order chi connectivity index (χ1) is 11.1. The lowest BCUT2D eigenvalue weighted by Gasteiger charge is -2.10. The van der Waals surface area contributed by atoms with Crippen molar-refractivity contribution in [3.05, 3.63) is 29.3 Å². The van der Waals surface area contributed by atoms with Crippen molar-refractivity contribution in [1.82, 2.24) is 16.0 Å². The van der Waals surface area contributed by atoms with Gasteiger partial charge in [-0.05, 0) is 25.5 Å². The van der Waals surface area contributed by atoms with Gasteiger partial charge in [-0.2, -0.15) is 0 Å². The van der Waals surface area contributed by atoms with Gasteiger partial charge in [0.2, 0.25) is 0 Å². The Morgan fingerprint density at radius 1 is 1.09 bits per heavy atom. The molecule has 23 heavy (non-hydrogen) atoms. The molecule has 1 aromatic rings. The zero-order chi connectivity index (χ0) is 16.9. The second-order valence-electron chi connectivity index (χ2n) is 4.46. The summed E-state index contributed by atoms with van der Waals surface area (Å²) >= 11 is 5.96. The van der Waals surface area contributed by atoms with E-state index in [9.17, 15) is 9.59 Å². The van der Waals surface area contributed by atoms with Gasteiger partial charge >= 0.3 is 12.1 Å². The third-order valence-corrected chi connectivity index (χ3v) is 2.97. The average Bonchev–Trinajstić information content (AvgIpc) is 2.53. The number of para-hydroxylation sites is 1. The van der Waals surface area contributed by atoms with Crippen LogP contribution in [0.15, 0.2) is 24.3 Å². The van der Waals surface area contributed by atoms with Crippen LogP contribution >= 0.6 is 11.6 Å². The summed E-state index contributed by atoms with van der Waals surface area (Å²) in [7, 11) is 0. The molecule has 0 heterocycles. The highest BCUT2D eigenvalue weighted by Gasteiger charge is 2.02.